The van der Waals surface area contributed by atoms with Crippen molar-refractivity contribution in [3.05, 3.63) is 59.2 Å². The molecule has 0 bridgehead atoms. The second-order valence-electron chi connectivity index (χ2n) is 6.71. The van der Waals surface area contributed by atoms with Crippen molar-refractivity contribution in [3.63, 3.8) is 0 Å². The first-order chi connectivity index (χ1) is 9.95. The minimum Gasteiger partial charge on any atom is -0.352 e. The van der Waals surface area contributed by atoms with Gasteiger partial charge in [0.2, 0.25) is 0 Å². The van der Waals surface area contributed by atoms with Gasteiger partial charge in [0, 0.05) is 12.1 Å². The molecule has 1 N–H and O–H groups in total. The lowest BCUT2D eigenvalue weighted by Crippen LogP contribution is -2.31. The first kappa shape index (κ1) is 13.9. The average Bonchev–Trinajstić information content (AvgIpc) is 2.46. The standard InChI is InChI=1S/C19H21NO/c1-19(2,3)16-7-4-13(5-8-16)14-6-9-17-15(12-14)10-11-20-18(17)21/h4-9,12H,10-11H2,1-3H3,(H,20,21). The van der Waals surface area contributed by atoms with Crippen molar-refractivity contribution in [2.24, 2.45) is 0 Å². The number of benzene rings is 2. The summed E-state index contributed by atoms with van der Waals surface area (Å²) in [4.78, 5) is 11.8. The largest absolute Gasteiger partial charge is 0.352 e. The van der Waals surface area contributed by atoms with Gasteiger partial charge in [0.1, 0.15) is 0 Å². The number of carbonyl (C=O) groups excluding carboxylic acids is 1. The Hall–Kier alpha value is -2.09. The van der Waals surface area contributed by atoms with Crippen LogP contribution >= 0.6 is 0 Å². The SMILES string of the molecule is CC(C)(C)c1ccc(-c2ccc3c(c2)CCNC3=O)cc1. The first-order valence-corrected chi connectivity index (χ1v) is 7.47. The Kier molecular flexibility index (Phi) is 3.32. The van der Waals surface area contributed by atoms with Gasteiger partial charge in [0.05, 0.1) is 0 Å². The zero-order chi connectivity index (χ0) is 15.0. The van der Waals surface area contributed by atoms with Crippen molar-refractivity contribution in [2.45, 2.75) is 32.6 Å². The fraction of sp³-hybridized carbons (Fsp3) is 0.316. The molecule has 0 spiro atoms. The van der Waals surface area contributed by atoms with Crippen LogP contribution in [0.5, 0.6) is 0 Å². The molecule has 1 aliphatic rings. The van der Waals surface area contributed by atoms with Crippen LogP contribution in [0.15, 0.2) is 42.5 Å². The summed E-state index contributed by atoms with van der Waals surface area (Å²) in [5, 5.41) is 2.88. The van der Waals surface area contributed by atoms with Crippen molar-refractivity contribution < 1.29 is 4.79 Å². The van der Waals surface area contributed by atoms with E-state index in [1.807, 2.05) is 12.1 Å². The molecule has 1 heterocycles. The Labute approximate surface area is 126 Å². The first-order valence-electron chi connectivity index (χ1n) is 7.47. The van der Waals surface area contributed by atoms with Crippen molar-refractivity contribution in [3.8, 4) is 11.1 Å². The van der Waals surface area contributed by atoms with Crippen LogP contribution in [-0.4, -0.2) is 12.5 Å². The van der Waals surface area contributed by atoms with E-state index in [0.29, 0.717) is 0 Å². The Morgan fingerprint density at radius 3 is 2.29 bits per heavy atom. The van der Waals surface area contributed by atoms with E-state index in [4.69, 9.17) is 0 Å². The van der Waals surface area contributed by atoms with Gasteiger partial charge in [-0.1, -0.05) is 57.2 Å². The topological polar surface area (TPSA) is 29.1 Å². The molecule has 0 aliphatic carbocycles. The molecule has 0 saturated heterocycles. The van der Waals surface area contributed by atoms with Crippen LogP contribution in [-0.2, 0) is 11.8 Å². The normalized spacial score (nSPS) is 14.5. The predicted octanol–water partition coefficient (Wildman–Crippen LogP) is 3.94. The molecule has 0 fully saturated rings. The molecule has 3 rings (SSSR count). The lowest BCUT2D eigenvalue weighted by Gasteiger charge is -2.20. The highest BCUT2D eigenvalue weighted by molar-refractivity contribution is 5.97. The van der Waals surface area contributed by atoms with Gasteiger partial charge < -0.3 is 5.32 Å². The number of rotatable bonds is 1. The van der Waals surface area contributed by atoms with E-state index in [0.717, 1.165) is 24.1 Å². The van der Waals surface area contributed by atoms with Crippen molar-refractivity contribution in [1.29, 1.82) is 0 Å². The fourth-order valence-electron chi connectivity index (χ4n) is 2.77. The van der Waals surface area contributed by atoms with Gasteiger partial charge in [-0.15, -0.1) is 0 Å². The Morgan fingerprint density at radius 2 is 1.62 bits per heavy atom. The maximum absolute atomic E-state index is 11.8. The number of hydrogen-bond donors (Lipinski definition) is 1. The van der Waals surface area contributed by atoms with E-state index in [2.05, 4.69) is 56.4 Å². The number of nitrogens with one attached hydrogen (secondary N) is 1. The number of fused-ring (bicyclic) bond motifs is 1. The summed E-state index contributed by atoms with van der Waals surface area (Å²) in [6.45, 7) is 7.40. The molecule has 0 aromatic heterocycles. The summed E-state index contributed by atoms with van der Waals surface area (Å²) < 4.78 is 0. The summed E-state index contributed by atoms with van der Waals surface area (Å²) in [6.07, 6.45) is 0.912. The number of amides is 1. The van der Waals surface area contributed by atoms with Crippen LogP contribution in [0, 0.1) is 0 Å². The zero-order valence-electron chi connectivity index (χ0n) is 12.9. The van der Waals surface area contributed by atoms with Crippen LogP contribution in [0.2, 0.25) is 0 Å². The van der Waals surface area contributed by atoms with Crippen molar-refractivity contribution in [2.75, 3.05) is 6.54 Å². The van der Waals surface area contributed by atoms with Gasteiger partial charge in [0.15, 0.2) is 0 Å². The molecule has 0 atom stereocenters. The molecular weight excluding hydrogens is 258 g/mol. The highest BCUT2D eigenvalue weighted by Gasteiger charge is 2.17. The highest BCUT2D eigenvalue weighted by Crippen LogP contribution is 2.28. The fourth-order valence-corrected chi connectivity index (χ4v) is 2.77. The number of carbonyl (C=O) groups is 1. The minimum atomic E-state index is 0.0471. The van der Waals surface area contributed by atoms with Crippen molar-refractivity contribution >= 4 is 5.91 Å². The molecule has 2 aromatic carbocycles. The van der Waals surface area contributed by atoms with Crippen LogP contribution in [0.4, 0.5) is 0 Å². The molecule has 1 aliphatic heterocycles. The summed E-state index contributed by atoms with van der Waals surface area (Å²) in [6, 6.07) is 14.9. The molecular formula is C19H21NO. The van der Waals surface area contributed by atoms with Gasteiger partial charge in [-0.05, 0) is 40.2 Å². The Bertz CT molecular complexity index is 678. The lowest BCUT2D eigenvalue weighted by molar-refractivity contribution is 0.0946. The van der Waals surface area contributed by atoms with E-state index < -0.39 is 0 Å². The Balaban J connectivity index is 1.96. The Morgan fingerprint density at radius 1 is 0.952 bits per heavy atom. The van der Waals surface area contributed by atoms with E-state index in [-0.39, 0.29) is 11.3 Å². The summed E-state index contributed by atoms with van der Waals surface area (Å²) in [5.41, 5.74) is 5.86. The third-order valence-electron chi connectivity index (χ3n) is 4.11. The second kappa shape index (κ2) is 5.03. The van der Waals surface area contributed by atoms with Gasteiger partial charge >= 0.3 is 0 Å². The monoisotopic (exact) mass is 279 g/mol. The van der Waals surface area contributed by atoms with Gasteiger partial charge in [-0.25, -0.2) is 0 Å². The molecule has 0 radical (unpaired) electrons. The maximum atomic E-state index is 11.8. The molecule has 1 amide bonds. The smallest absolute Gasteiger partial charge is 0.251 e. The second-order valence-corrected chi connectivity index (χ2v) is 6.71. The molecule has 0 unspecified atom stereocenters. The molecule has 2 aromatic rings. The van der Waals surface area contributed by atoms with Gasteiger partial charge in [-0.2, -0.15) is 0 Å². The van der Waals surface area contributed by atoms with Gasteiger partial charge in [0.25, 0.3) is 5.91 Å². The van der Waals surface area contributed by atoms with Crippen LogP contribution in [0.3, 0.4) is 0 Å². The maximum Gasteiger partial charge on any atom is 0.251 e. The van der Waals surface area contributed by atoms with Gasteiger partial charge in [-0.3, -0.25) is 4.79 Å². The molecule has 2 nitrogen and oxygen atoms in total. The quantitative estimate of drug-likeness (QED) is 0.841. The third kappa shape index (κ3) is 2.71. The van der Waals surface area contributed by atoms with E-state index in [1.54, 1.807) is 0 Å². The van der Waals surface area contributed by atoms with Crippen LogP contribution in [0.25, 0.3) is 11.1 Å². The molecule has 2 heteroatoms. The van der Waals surface area contributed by atoms with E-state index in [9.17, 15) is 4.79 Å². The average molecular weight is 279 g/mol. The number of hydrogen-bond acceptors (Lipinski definition) is 1. The molecule has 21 heavy (non-hydrogen) atoms. The summed E-state index contributed by atoms with van der Waals surface area (Å²) in [5.74, 6) is 0.0471. The summed E-state index contributed by atoms with van der Waals surface area (Å²) >= 11 is 0. The van der Waals surface area contributed by atoms with E-state index >= 15 is 0 Å². The predicted molar refractivity (Wildman–Crippen MR) is 86.6 cm³/mol. The van der Waals surface area contributed by atoms with E-state index in [1.165, 1.54) is 16.7 Å². The van der Waals surface area contributed by atoms with Crippen molar-refractivity contribution in [1.82, 2.24) is 5.32 Å². The third-order valence-corrected chi connectivity index (χ3v) is 4.11. The highest BCUT2D eigenvalue weighted by atomic mass is 16.1. The minimum absolute atomic E-state index is 0.0471. The molecule has 108 valence electrons. The lowest BCUT2D eigenvalue weighted by atomic mass is 9.86. The summed E-state index contributed by atoms with van der Waals surface area (Å²) in [7, 11) is 0. The molecule has 0 saturated carbocycles. The van der Waals surface area contributed by atoms with Crippen LogP contribution < -0.4 is 5.32 Å². The van der Waals surface area contributed by atoms with Crippen LogP contribution in [0.1, 0.15) is 42.3 Å². The zero-order valence-corrected chi connectivity index (χ0v) is 12.9.